The van der Waals surface area contributed by atoms with Gasteiger partial charge in [0.25, 0.3) is 0 Å². The lowest BCUT2D eigenvalue weighted by Crippen LogP contribution is -2.40. The maximum Gasteiger partial charge on any atom is 0.173 e. The smallest absolute Gasteiger partial charge is 0.173 e. The lowest BCUT2D eigenvalue weighted by Gasteiger charge is -2.29. The van der Waals surface area contributed by atoms with E-state index in [1.54, 1.807) is 19.4 Å². The second-order valence-corrected chi connectivity index (χ2v) is 7.85. The Morgan fingerprint density at radius 1 is 1.25 bits per heavy atom. The molecule has 1 fully saturated rings. The van der Waals surface area contributed by atoms with Crippen molar-refractivity contribution >= 4 is 34.6 Å². The zero-order chi connectivity index (χ0) is 19.8. The number of halogens is 1. The Hall–Kier alpha value is -1.76. The van der Waals surface area contributed by atoms with E-state index in [2.05, 4.69) is 15.1 Å². The summed E-state index contributed by atoms with van der Waals surface area (Å²) in [4.78, 5) is 4.67. The fraction of sp³-hybridized carbons (Fsp3) is 0.476. The number of methoxy groups -OCH3 is 1. The number of ether oxygens (including phenoxy) is 1. The van der Waals surface area contributed by atoms with Crippen LogP contribution in [-0.2, 0) is 6.54 Å². The van der Waals surface area contributed by atoms with Crippen LogP contribution in [0.2, 0.25) is 5.02 Å². The maximum absolute atomic E-state index is 6.16. The minimum Gasteiger partial charge on any atom is -0.495 e. The molecular formula is C21H28ClN3O2S. The Balaban J connectivity index is 1.68. The monoisotopic (exact) mass is 421 g/mol. The lowest BCUT2D eigenvalue weighted by atomic mass is 10.2. The summed E-state index contributed by atoms with van der Waals surface area (Å²) in [5, 5.41) is 4.57. The van der Waals surface area contributed by atoms with E-state index in [0.29, 0.717) is 22.4 Å². The summed E-state index contributed by atoms with van der Waals surface area (Å²) in [7, 11) is 1.64. The van der Waals surface area contributed by atoms with Crippen LogP contribution in [0.4, 0.5) is 5.69 Å². The number of hydrogen-bond acceptors (Lipinski definition) is 4. The summed E-state index contributed by atoms with van der Waals surface area (Å²) in [6, 6.07) is 9.34. The van der Waals surface area contributed by atoms with E-state index in [1.807, 2.05) is 24.3 Å². The average Bonchev–Trinajstić information content (AvgIpc) is 3.06. The van der Waals surface area contributed by atoms with E-state index in [9.17, 15) is 0 Å². The molecule has 0 radical (unpaired) electrons. The van der Waals surface area contributed by atoms with E-state index in [0.717, 1.165) is 37.6 Å². The molecule has 2 heterocycles. The van der Waals surface area contributed by atoms with E-state index in [1.165, 1.54) is 25.7 Å². The predicted octanol–water partition coefficient (Wildman–Crippen LogP) is 5.02. The van der Waals surface area contributed by atoms with Gasteiger partial charge in [-0.3, -0.25) is 0 Å². The highest BCUT2D eigenvalue weighted by Crippen LogP contribution is 2.28. The highest BCUT2D eigenvalue weighted by molar-refractivity contribution is 7.80. The van der Waals surface area contributed by atoms with Crippen LogP contribution in [0.3, 0.4) is 0 Å². The van der Waals surface area contributed by atoms with Gasteiger partial charge in [0.05, 0.1) is 25.6 Å². The standard InChI is InChI=1S/C21H28ClN3O2S/c1-26-20-9-8-17(22)15-19(20)23-21(28)25(16-18-7-6-14-27-18)13-12-24-10-4-2-3-5-11-24/h6-9,14-15H,2-5,10-13,16H2,1H3,(H,23,28). The third-order valence-corrected chi connectivity index (χ3v) is 5.60. The molecular weight excluding hydrogens is 394 g/mol. The minimum absolute atomic E-state index is 0.621. The second kappa shape index (κ2) is 10.7. The molecule has 0 bridgehead atoms. The minimum atomic E-state index is 0.621. The molecule has 3 rings (SSSR count). The predicted molar refractivity (Wildman–Crippen MR) is 118 cm³/mol. The van der Waals surface area contributed by atoms with Crippen molar-refractivity contribution in [1.82, 2.24) is 9.80 Å². The highest BCUT2D eigenvalue weighted by atomic mass is 35.5. The molecule has 152 valence electrons. The van der Waals surface area contributed by atoms with Crippen molar-refractivity contribution in [3.05, 3.63) is 47.4 Å². The number of benzene rings is 1. The Labute approximate surface area is 177 Å². The SMILES string of the molecule is COc1ccc(Cl)cc1NC(=S)N(CCN1CCCCCC1)Cc1ccco1. The van der Waals surface area contributed by atoms with Gasteiger partial charge < -0.3 is 24.3 Å². The van der Waals surface area contributed by atoms with Crippen LogP contribution in [0.5, 0.6) is 5.75 Å². The molecule has 1 aliphatic heterocycles. The van der Waals surface area contributed by atoms with Gasteiger partial charge >= 0.3 is 0 Å². The van der Waals surface area contributed by atoms with Gasteiger partial charge in [-0.1, -0.05) is 24.4 Å². The summed E-state index contributed by atoms with van der Waals surface area (Å²) in [5.41, 5.74) is 0.763. The summed E-state index contributed by atoms with van der Waals surface area (Å²) in [5.74, 6) is 1.59. The molecule has 0 unspecified atom stereocenters. The molecule has 1 aromatic heterocycles. The molecule has 0 atom stereocenters. The summed E-state index contributed by atoms with van der Waals surface area (Å²) < 4.78 is 11.0. The first kappa shape index (κ1) is 21.0. The number of rotatable bonds is 7. The van der Waals surface area contributed by atoms with E-state index in [-0.39, 0.29) is 0 Å². The van der Waals surface area contributed by atoms with Gasteiger partial charge in [0, 0.05) is 18.1 Å². The molecule has 1 saturated heterocycles. The second-order valence-electron chi connectivity index (χ2n) is 7.03. The molecule has 5 nitrogen and oxygen atoms in total. The Bertz CT molecular complexity index is 746. The molecule has 0 amide bonds. The third kappa shape index (κ3) is 6.12. The largest absolute Gasteiger partial charge is 0.495 e. The van der Waals surface area contributed by atoms with Crippen LogP contribution in [-0.4, -0.2) is 48.2 Å². The average molecular weight is 422 g/mol. The zero-order valence-corrected chi connectivity index (χ0v) is 17.9. The zero-order valence-electron chi connectivity index (χ0n) is 16.3. The number of furan rings is 1. The number of thiocarbonyl (C=S) groups is 1. The molecule has 1 aromatic carbocycles. The first-order chi connectivity index (χ1) is 13.7. The Morgan fingerprint density at radius 2 is 2.04 bits per heavy atom. The molecule has 0 aliphatic carbocycles. The molecule has 0 saturated carbocycles. The molecule has 1 aliphatic rings. The van der Waals surface area contributed by atoms with E-state index < -0.39 is 0 Å². The first-order valence-corrected chi connectivity index (χ1v) is 10.6. The van der Waals surface area contributed by atoms with E-state index >= 15 is 0 Å². The van der Waals surface area contributed by atoms with Gasteiger partial charge in [0.15, 0.2) is 5.11 Å². The van der Waals surface area contributed by atoms with Crippen LogP contribution in [0.1, 0.15) is 31.4 Å². The molecule has 28 heavy (non-hydrogen) atoms. The van der Waals surface area contributed by atoms with Crippen molar-refractivity contribution in [2.24, 2.45) is 0 Å². The van der Waals surface area contributed by atoms with Crippen molar-refractivity contribution in [1.29, 1.82) is 0 Å². The van der Waals surface area contributed by atoms with Crippen molar-refractivity contribution in [2.75, 3.05) is 38.6 Å². The molecule has 2 aromatic rings. The number of hydrogen-bond donors (Lipinski definition) is 1. The van der Waals surface area contributed by atoms with Crippen LogP contribution in [0.15, 0.2) is 41.0 Å². The normalized spacial score (nSPS) is 15.1. The summed E-state index contributed by atoms with van der Waals surface area (Å²) >= 11 is 11.9. The quantitative estimate of drug-likeness (QED) is 0.633. The molecule has 0 spiro atoms. The van der Waals surface area contributed by atoms with Gasteiger partial charge in [-0.25, -0.2) is 0 Å². The Morgan fingerprint density at radius 3 is 2.71 bits per heavy atom. The fourth-order valence-corrected chi connectivity index (χ4v) is 3.88. The summed E-state index contributed by atoms with van der Waals surface area (Å²) in [6.45, 7) is 4.76. The third-order valence-electron chi connectivity index (χ3n) is 5.00. The number of likely N-dealkylation sites (tertiary alicyclic amines) is 1. The van der Waals surface area contributed by atoms with Crippen molar-refractivity contribution < 1.29 is 9.15 Å². The van der Waals surface area contributed by atoms with Crippen molar-refractivity contribution in [3.8, 4) is 5.75 Å². The lowest BCUT2D eigenvalue weighted by molar-refractivity contribution is 0.247. The summed E-state index contributed by atoms with van der Waals surface area (Å²) in [6.07, 6.45) is 6.92. The molecule has 1 N–H and O–H groups in total. The molecule has 7 heteroatoms. The van der Waals surface area contributed by atoms with Crippen molar-refractivity contribution in [3.63, 3.8) is 0 Å². The van der Waals surface area contributed by atoms with Crippen LogP contribution < -0.4 is 10.1 Å². The topological polar surface area (TPSA) is 40.9 Å². The fourth-order valence-electron chi connectivity index (χ4n) is 3.44. The Kier molecular flexibility index (Phi) is 8.01. The van der Waals surface area contributed by atoms with Gasteiger partial charge in [0.1, 0.15) is 11.5 Å². The van der Waals surface area contributed by atoms with Gasteiger partial charge in [0.2, 0.25) is 0 Å². The van der Waals surface area contributed by atoms with Gasteiger partial charge in [-0.2, -0.15) is 0 Å². The number of nitrogens with one attached hydrogen (secondary N) is 1. The van der Waals surface area contributed by atoms with Crippen molar-refractivity contribution in [2.45, 2.75) is 32.2 Å². The number of nitrogens with zero attached hydrogens (tertiary/aromatic N) is 2. The number of anilines is 1. The van der Waals surface area contributed by atoms with Gasteiger partial charge in [-0.05, 0) is 68.5 Å². The first-order valence-electron chi connectivity index (χ1n) is 9.80. The van der Waals surface area contributed by atoms with Crippen LogP contribution in [0, 0.1) is 0 Å². The van der Waals surface area contributed by atoms with Crippen LogP contribution >= 0.6 is 23.8 Å². The van der Waals surface area contributed by atoms with Crippen LogP contribution in [0.25, 0.3) is 0 Å². The van der Waals surface area contributed by atoms with E-state index in [4.69, 9.17) is 33.0 Å². The van der Waals surface area contributed by atoms with Gasteiger partial charge in [-0.15, -0.1) is 0 Å². The highest BCUT2D eigenvalue weighted by Gasteiger charge is 2.17. The maximum atomic E-state index is 6.16.